The predicted octanol–water partition coefficient (Wildman–Crippen LogP) is 1.75. The maximum absolute atomic E-state index is 4.34. The molecule has 1 fully saturated rings. The minimum Gasteiger partial charge on any atom is -0.311 e. The highest BCUT2D eigenvalue weighted by molar-refractivity contribution is 5.00. The van der Waals surface area contributed by atoms with Gasteiger partial charge in [0, 0.05) is 25.0 Å². The van der Waals surface area contributed by atoms with Crippen LogP contribution in [0.5, 0.6) is 0 Å². The molecule has 1 saturated heterocycles. The lowest BCUT2D eigenvalue weighted by Crippen LogP contribution is -2.38. The van der Waals surface area contributed by atoms with Crippen LogP contribution in [0.25, 0.3) is 0 Å². The Morgan fingerprint density at radius 1 is 1.33 bits per heavy atom. The van der Waals surface area contributed by atoms with Gasteiger partial charge in [-0.25, -0.2) is 0 Å². The van der Waals surface area contributed by atoms with Gasteiger partial charge in [-0.05, 0) is 46.3 Å². The summed E-state index contributed by atoms with van der Waals surface area (Å²) in [5, 5.41) is 3.46. The summed E-state index contributed by atoms with van der Waals surface area (Å²) >= 11 is 0. The van der Waals surface area contributed by atoms with E-state index in [1.165, 1.54) is 32.2 Å². The smallest absolute Gasteiger partial charge is 0.0724 e. The van der Waals surface area contributed by atoms with Crippen LogP contribution in [-0.2, 0) is 6.54 Å². The third-order valence-corrected chi connectivity index (χ3v) is 3.72. The molecule has 0 saturated carbocycles. The zero-order valence-corrected chi connectivity index (χ0v) is 11.5. The molecule has 0 amide bonds. The zero-order valence-electron chi connectivity index (χ0n) is 11.5. The van der Waals surface area contributed by atoms with Crippen molar-refractivity contribution in [2.45, 2.75) is 45.2 Å². The fraction of sp³-hybridized carbons (Fsp3) is 0.714. The number of piperidine rings is 1. The van der Waals surface area contributed by atoms with Crippen LogP contribution in [-0.4, -0.2) is 41.0 Å². The van der Waals surface area contributed by atoms with Crippen LogP contribution in [0.3, 0.4) is 0 Å². The van der Waals surface area contributed by atoms with Crippen LogP contribution in [0.15, 0.2) is 12.4 Å². The summed E-state index contributed by atoms with van der Waals surface area (Å²) in [7, 11) is 2.25. The van der Waals surface area contributed by atoms with Gasteiger partial charge in [0.1, 0.15) is 0 Å². The second-order valence-electron chi connectivity index (χ2n) is 5.24. The first-order chi connectivity index (χ1) is 8.75. The quantitative estimate of drug-likeness (QED) is 0.806. The van der Waals surface area contributed by atoms with Crippen molar-refractivity contribution < 1.29 is 0 Å². The highest BCUT2D eigenvalue weighted by atomic mass is 15.1. The van der Waals surface area contributed by atoms with Crippen molar-refractivity contribution in [3.05, 3.63) is 23.8 Å². The molecule has 0 aromatic carbocycles. The maximum atomic E-state index is 4.34. The summed E-state index contributed by atoms with van der Waals surface area (Å²) in [5.74, 6) is 0. The number of aryl methyl sites for hydroxylation is 1. The third kappa shape index (κ3) is 4.03. The average Bonchev–Trinajstić information content (AvgIpc) is 2.39. The van der Waals surface area contributed by atoms with Crippen molar-refractivity contribution >= 4 is 0 Å². The van der Waals surface area contributed by atoms with E-state index in [1.54, 1.807) is 0 Å². The molecule has 4 nitrogen and oxygen atoms in total. The molecule has 1 aliphatic heterocycles. The van der Waals surface area contributed by atoms with Crippen LogP contribution in [0, 0.1) is 6.92 Å². The Morgan fingerprint density at radius 2 is 2.22 bits per heavy atom. The fourth-order valence-corrected chi connectivity index (χ4v) is 2.50. The van der Waals surface area contributed by atoms with Gasteiger partial charge >= 0.3 is 0 Å². The molecule has 0 radical (unpaired) electrons. The van der Waals surface area contributed by atoms with Crippen molar-refractivity contribution in [2.75, 3.05) is 20.1 Å². The second-order valence-corrected chi connectivity index (χ2v) is 5.24. The molecule has 4 heteroatoms. The Labute approximate surface area is 110 Å². The average molecular weight is 248 g/mol. The number of rotatable bonds is 5. The molecule has 1 aromatic rings. The molecule has 100 valence electrons. The number of likely N-dealkylation sites (tertiary alicyclic amines) is 1. The van der Waals surface area contributed by atoms with Crippen LogP contribution < -0.4 is 5.32 Å². The van der Waals surface area contributed by atoms with Gasteiger partial charge in [0.05, 0.1) is 11.4 Å². The molecule has 2 heterocycles. The molecule has 2 rings (SSSR count). The minimum absolute atomic E-state index is 0.760. The molecule has 1 N–H and O–H groups in total. The Morgan fingerprint density at radius 3 is 2.94 bits per heavy atom. The van der Waals surface area contributed by atoms with Gasteiger partial charge in [-0.15, -0.1) is 0 Å². The lowest BCUT2D eigenvalue weighted by Gasteiger charge is -2.32. The molecule has 18 heavy (non-hydrogen) atoms. The van der Waals surface area contributed by atoms with E-state index in [0.717, 1.165) is 30.5 Å². The van der Waals surface area contributed by atoms with Gasteiger partial charge in [-0.3, -0.25) is 9.97 Å². The molecular weight excluding hydrogens is 224 g/mol. The van der Waals surface area contributed by atoms with Crippen LogP contribution in [0.2, 0.25) is 0 Å². The molecule has 0 bridgehead atoms. The molecular formula is C14H24N4. The molecule has 0 spiro atoms. The van der Waals surface area contributed by atoms with Gasteiger partial charge < -0.3 is 10.2 Å². The molecule has 0 aliphatic carbocycles. The largest absolute Gasteiger partial charge is 0.311 e. The van der Waals surface area contributed by atoms with Crippen molar-refractivity contribution in [1.29, 1.82) is 0 Å². The third-order valence-electron chi connectivity index (χ3n) is 3.72. The Hall–Kier alpha value is -1.00. The van der Waals surface area contributed by atoms with Gasteiger partial charge in [-0.1, -0.05) is 6.42 Å². The van der Waals surface area contributed by atoms with Crippen LogP contribution in [0.4, 0.5) is 0 Å². The van der Waals surface area contributed by atoms with E-state index in [0.29, 0.717) is 0 Å². The summed E-state index contributed by atoms with van der Waals surface area (Å²) < 4.78 is 0. The number of hydrogen-bond acceptors (Lipinski definition) is 4. The zero-order chi connectivity index (χ0) is 12.8. The lowest BCUT2D eigenvalue weighted by atomic mass is 10.0. The monoisotopic (exact) mass is 248 g/mol. The van der Waals surface area contributed by atoms with Crippen LogP contribution >= 0.6 is 0 Å². The van der Waals surface area contributed by atoms with E-state index in [1.807, 2.05) is 19.3 Å². The highest BCUT2D eigenvalue weighted by Crippen LogP contribution is 2.17. The van der Waals surface area contributed by atoms with Crippen molar-refractivity contribution in [3.63, 3.8) is 0 Å². The van der Waals surface area contributed by atoms with Gasteiger partial charge in [0.2, 0.25) is 0 Å². The van der Waals surface area contributed by atoms with Gasteiger partial charge in [-0.2, -0.15) is 0 Å². The van der Waals surface area contributed by atoms with E-state index in [-0.39, 0.29) is 0 Å². The number of nitrogens with one attached hydrogen (secondary N) is 1. The summed E-state index contributed by atoms with van der Waals surface area (Å²) in [6.07, 6.45) is 9.01. The van der Waals surface area contributed by atoms with Gasteiger partial charge in [0.25, 0.3) is 0 Å². The normalized spacial score (nSPS) is 21.1. The molecule has 1 aliphatic rings. The minimum atomic E-state index is 0.760. The summed E-state index contributed by atoms with van der Waals surface area (Å²) in [6.45, 7) is 5.10. The van der Waals surface area contributed by atoms with Crippen LogP contribution in [0.1, 0.15) is 37.1 Å². The maximum Gasteiger partial charge on any atom is 0.0724 e. The summed E-state index contributed by atoms with van der Waals surface area (Å²) in [6, 6.07) is 0.760. The Bertz CT molecular complexity index is 349. The molecule has 1 atom stereocenters. The second kappa shape index (κ2) is 6.81. The first-order valence-corrected chi connectivity index (χ1v) is 6.94. The van der Waals surface area contributed by atoms with E-state index in [9.17, 15) is 0 Å². The molecule has 1 unspecified atom stereocenters. The summed E-state index contributed by atoms with van der Waals surface area (Å²) in [5.41, 5.74) is 2.00. The Kier molecular flexibility index (Phi) is 5.08. The number of nitrogens with zero attached hydrogens (tertiary/aromatic N) is 3. The standard InChI is InChI=1S/C14H24N4/c1-12-9-17-13(11-16-12)10-15-7-6-14-5-3-4-8-18(14)2/h9,11,14-15H,3-8,10H2,1-2H3. The van der Waals surface area contributed by atoms with Gasteiger partial charge in [0.15, 0.2) is 0 Å². The first kappa shape index (κ1) is 13.4. The van der Waals surface area contributed by atoms with E-state index in [4.69, 9.17) is 0 Å². The SMILES string of the molecule is Cc1cnc(CNCCC2CCCCN2C)cn1. The Balaban J connectivity index is 1.65. The van der Waals surface area contributed by atoms with E-state index >= 15 is 0 Å². The lowest BCUT2D eigenvalue weighted by molar-refractivity contribution is 0.175. The number of hydrogen-bond donors (Lipinski definition) is 1. The number of aromatic nitrogens is 2. The van der Waals surface area contributed by atoms with Crippen molar-refractivity contribution in [1.82, 2.24) is 20.2 Å². The highest BCUT2D eigenvalue weighted by Gasteiger charge is 2.17. The molecule has 1 aromatic heterocycles. The topological polar surface area (TPSA) is 41.1 Å². The van der Waals surface area contributed by atoms with E-state index in [2.05, 4.69) is 27.2 Å². The fourth-order valence-electron chi connectivity index (χ4n) is 2.50. The van der Waals surface area contributed by atoms with Crippen molar-refractivity contribution in [2.24, 2.45) is 0 Å². The van der Waals surface area contributed by atoms with Crippen molar-refractivity contribution in [3.8, 4) is 0 Å². The summed E-state index contributed by atoms with van der Waals surface area (Å²) in [4.78, 5) is 11.1. The predicted molar refractivity (Wildman–Crippen MR) is 73.4 cm³/mol. The van der Waals surface area contributed by atoms with E-state index < -0.39 is 0 Å². The first-order valence-electron chi connectivity index (χ1n) is 6.94.